The quantitative estimate of drug-likeness (QED) is 0.792. The number of nitrogens with two attached hydrogens (primary N) is 1. The molecule has 0 aliphatic heterocycles. The summed E-state index contributed by atoms with van der Waals surface area (Å²) < 4.78 is 12.9. The van der Waals surface area contributed by atoms with Crippen molar-refractivity contribution in [2.45, 2.75) is 39.0 Å². The fourth-order valence-corrected chi connectivity index (χ4v) is 2.72. The van der Waals surface area contributed by atoms with E-state index in [1.54, 1.807) is 6.07 Å². The highest BCUT2D eigenvalue weighted by Crippen LogP contribution is 2.30. The molecule has 0 saturated heterocycles. The average Bonchev–Trinajstić information content (AvgIpc) is 2.34. The minimum absolute atomic E-state index is 0.278. The van der Waals surface area contributed by atoms with Crippen LogP contribution < -0.4 is 11.1 Å². The molecule has 1 aromatic rings. The van der Waals surface area contributed by atoms with E-state index in [9.17, 15) is 4.39 Å². The summed E-state index contributed by atoms with van der Waals surface area (Å²) in [6.45, 7) is 3.27. The number of rotatable bonds is 4. The molecule has 0 radical (unpaired) electrons. The van der Waals surface area contributed by atoms with Crippen LogP contribution in [0.4, 0.5) is 15.8 Å². The number of benzene rings is 1. The number of anilines is 2. The van der Waals surface area contributed by atoms with E-state index in [-0.39, 0.29) is 5.82 Å². The van der Waals surface area contributed by atoms with Crippen LogP contribution in [0.25, 0.3) is 0 Å². The predicted octanol–water partition coefficient (Wildman–Crippen LogP) is 4.04. The maximum absolute atomic E-state index is 12.9. The second-order valence-corrected chi connectivity index (χ2v) is 5.57. The highest BCUT2D eigenvalue weighted by Gasteiger charge is 2.17. The molecule has 3 N–H and O–H groups in total. The van der Waals surface area contributed by atoms with Crippen LogP contribution in [0.1, 0.15) is 39.0 Å². The van der Waals surface area contributed by atoms with Crippen LogP contribution in [-0.2, 0) is 0 Å². The Hall–Kier alpha value is -1.25. The summed E-state index contributed by atoms with van der Waals surface area (Å²) in [5, 5.41) is 3.31. The van der Waals surface area contributed by atoms with E-state index < -0.39 is 0 Å². The minimum Gasteiger partial charge on any atom is -0.397 e. The summed E-state index contributed by atoms with van der Waals surface area (Å²) in [5.74, 6) is 1.47. The van der Waals surface area contributed by atoms with Crippen molar-refractivity contribution >= 4 is 11.4 Å². The fourth-order valence-electron chi connectivity index (χ4n) is 2.72. The van der Waals surface area contributed by atoms with E-state index in [2.05, 4.69) is 12.2 Å². The number of halogens is 1. The van der Waals surface area contributed by atoms with Gasteiger partial charge in [0, 0.05) is 6.54 Å². The first kappa shape index (κ1) is 13.2. The van der Waals surface area contributed by atoms with E-state index in [1.165, 1.54) is 44.2 Å². The van der Waals surface area contributed by atoms with Crippen molar-refractivity contribution < 1.29 is 4.39 Å². The third kappa shape index (κ3) is 3.62. The zero-order valence-corrected chi connectivity index (χ0v) is 11.1. The Balaban J connectivity index is 1.75. The summed E-state index contributed by atoms with van der Waals surface area (Å²) in [4.78, 5) is 0. The molecular weight excluding hydrogens is 227 g/mol. The fraction of sp³-hybridized carbons (Fsp3) is 0.600. The number of nitrogens with one attached hydrogen (secondary N) is 1. The Morgan fingerprint density at radius 3 is 2.67 bits per heavy atom. The Morgan fingerprint density at radius 2 is 2.00 bits per heavy atom. The highest BCUT2D eigenvalue weighted by molar-refractivity contribution is 5.65. The van der Waals surface area contributed by atoms with Crippen molar-refractivity contribution in [2.24, 2.45) is 11.8 Å². The number of nitrogen functional groups attached to an aromatic ring is 1. The van der Waals surface area contributed by atoms with Gasteiger partial charge in [0.15, 0.2) is 0 Å². The van der Waals surface area contributed by atoms with Crippen LogP contribution in [0.3, 0.4) is 0 Å². The maximum atomic E-state index is 12.9. The standard InChI is InChI=1S/C15H23FN2/c1-11-2-4-12(5-3-11)8-9-18-15-7-6-13(16)10-14(15)17/h6-7,10-12,18H,2-5,8-9,17H2,1H3. The monoisotopic (exact) mass is 250 g/mol. The molecule has 0 heterocycles. The SMILES string of the molecule is CC1CCC(CCNc2ccc(F)cc2N)CC1. The zero-order valence-electron chi connectivity index (χ0n) is 11.1. The van der Waals surface area contributed by atoms with E-state index in [0.717, 1.165) is 24.1 Å². The van der Waals surface area contributed by atoms with Crippen LogP contribution in [-0.4, -0.2) is 6.54 Å². The van der Waals surface area contributed by atoms with Gasteiger partial charge in [-0.05, 0) is 36.5 Å². The van der Waals surface area contributed by atoms with Crippen LogP contribution in [0.15, 0.2) is 18.2 Å². The van der Waals surface area contributed by atoms with Crippen molar-refractivity contribution in [2.75, 3.05) is 17.6 Å². The van der Waals surface area contributed by atoms with Gasteiger partial charge in [0.05, 0.1) is 11.4 Å². The van der Waals surface area contributed by atoms with E-state index >= 15 is 0 Å². The third-order valence-corrected chi connectivity index (χ3v) is 4.02. The first-order valence-electron chi connectivity index (χ1n) is 6.94. The Bertz CT molecular complexity index is 384. The molecule has 3 heteroatoms. The molecule has 1 saturated carbocycles. The molecule has 1 fully saturated rings. The van der Waals surface area contributed by atoms with Gasteiger partial charge in [-0.15, -0.1) is 0 Å². The lowest BCUT2D eigenvalue weighted by molar-refractivity contribution is 0.282. The zero-order chi connectivity index (χ0) is 13.0. The molecule has 0 bridgehead atoms. The van der Waals surface area contributed by atoms with Gasteiger partial charge >= 0.3 is 0 Å². The summed E-state index contributed by atoms with van der Waals surface area (Å²) in [5.41, 5.74) is 7.10. The van der Waals surface area contributed by atoms with Crippen molar-refractivity contribution in [1.82, 2.24) is 0 Å². The van der Waals surface area contributed by atoms with Crippen LogP contribution >= 0.6 is 0 Å². The summed E-state index contributed by atoms with van der Waals surface area (Å²) in [6, 6.07) is 4.53. The van der Waals surface area contributed by atoms with Crippen LogP contribution in [0.2, 0.25) is 0 Å². The lowest BCUT2D eigenvalue weighted by atomic mass is 9.81. The van der Waals surface area contributed by atoms with Gasteiger partial charge < -0.3 is 11.1 Å². The van der Waals surface area contributed by atoms with E-state index in [4.69, 9.17) is 5.73 Å². The van der Waals surface area contributed by atoms with Gasteiger partial charge in [-0.1, -0.05) is 32.6 Å². The van der Waals surface area contributed by atoms with Gasteiger partial charge in [-0.2, -0.15) is 0 Å². The minimum atomic E-state index is -0.278. The van der Waals surface area contributed by atoms with Gasteiger partial charge in [0.2, 0.25) is 0 Å². The largest absolute Gasteiger partial charge is 0.397 e. The summed E-state index contributed by atoms with van der Waals surface area (Å²) in [6.07, 6.45) is 6.61. The average molecular weight is 250 g/mol. The lowest BCUT2D eigenvalue weighted by Gasteiger charge is -2.26. The van der Waals surface area contributed by atoms with Crippen LogP contribution in [0.5, 0.6) is 0 Å². The molecule has 2 rings (SSSR count). The Morgan fingerprint density at radius 1 is 1.28 bits per heavy atom. The first-order valence-corrected chi connectivity index (χ1v) is 6.94. The molecule has 1 aliphatic carbocycles. The van der Waals surface area contributed by atoms with Crippen LogP contribution in [0, 0.1) is 17.7 Å². The van der Waals surface area contributed by atoms with E-state index in [1.807, 2.05) is 0 Å². The second-order valence-electron chi connectivity index (χ2n) is 5.57. The molecule has 2 nitrogen and oxygen atoms in total. The Labute approximate surface area is 109 Å². The number of hydrogen-bond acceptors (Lipinski definition) is 2. The van der Waals surface area contributed by atoms with Gasteiger partial charge in [-0.3, -0.25) is 0 Å². The molecule has 100 valence electrons. The molecule has 1 aliphatic rings. The van der Waals surface area contributed by atoms with Gasteiger partial charge in [-0.25, -0.2) is 4.39 Å². The van der Waals surface area contributed by atoms with Crippen molar-refractivity contribution in [3.8, 4) is 0 Å². The molecule has 0 unspecified atom stereocenters. The highest BCUT2D eigenvalue weighted by atomic mass is 19.1. The predicted molar refractivity (Wildman–Crippen MR) is 75.0 cm³/mol. The first-order chi connectivity index (χ1) is 8.65. The normalized spacial score (nSPS) is 23.9. The Kier molecular flexibility index (Phi) is 4.45. The molecule has 0 amide bonds. The molecule has 0 spiro atoms. The van der Waals surface area contributed by atoms with Gasteiger partial charge in [0.1, 0.15) is 5.82 Å². The summed E-state index contributed by atoms with van der Waals surface area (Å²) >= 11 is 0. The van der Waals surface area contributed by atoms with Crippen molar-refractivity contribution in [1.29, 1.82) is 0 Å². The van der Waals surface area contributed by atoms with Crippen molar-refractivity contribution in [3.05, 3.63) is 24.0 Å². The topological polar surface area (TPSA) is 38.0 Å². The smallest absolute Gasteiger partial charge is 0.125 e. The second kappa shape index (κ2) is 6.07. The molecule has 0 atom stereocenters. The molecular formula is C15H23FN2. The van der Waals surface area contributed by atoms with Crippen molar-refractivity contribution in [3.63, 3.8) is 0 Å². The molecule has 0 aromatic heterocycles. The lowest BCUT2D eigenvalue weighted by Crippen LogP contribution is -2.16. The molecule has 1 aromatic carbocycles. The molecule has 18 heavy (non-hydrogen) atoms. The third-order valence-electron chi connectivity index (χ3n) is 4.02. The van der Waals surface area contributed by atoms with Gasteiger partial charge in [0.25, 0.3) is 0 Å². The summed E-state index contributed by atoms with van der Waals surface area (Å²) in [7, 11) is 0. The maximum Gasteiger partial charge on any atom is 0.125 e. The number of hydrogen-bond donors (Lipinski definition) is 2. The van der Waals surface area contributed by atoms with E-state index in [0.29, 0.717) is 5.69 Å².